The Kier molecular flexibility index (Phi) is 5.15. The molecule has 0 saturated carbocycles. The average molecular weight is 301 g/mol. The number of nitrogens with zero attached hydrogens (tertiary/aromatic N) is 1. The van der Waals surface area contributed by atoms with Crippen LogP contribution in [0, 0.1) is 19.7 Å². The van der Waals surface area contributed by atoms with E-state index in [1.54, 1.807) is 25.2 Å². The van der Waals surface area contributed by atoms with Gasteiger partial charge in [-0.15, -0.1) is 0 Å². The van der Waals surface area contributed by atoms with Crippen molar-refractivity contribution in [2.75, 3.05) is 13.7 Å². The van der Waals surface area contributed by atoms with Crippen molar-refractivity contribution in [1.29, 1.82) is 0 Å². The van der Waals surface area contributed by atoms with Gasteiger partial charge in [-0.25, -0.2) is 4.39 Å². The van der Waals surface area contributed by atoms with E-state index in [9.17, 15) is 9.18 Å². The highest BCUT2D eigenvalue weighted by Gasteiger charge is 2.13. The van der Waals surface area contributed by atoms with Crippen LogP contribution >= 0.6 is 0 Å². The standard InChI is InChI=1S/C18H20FNO2/c1-13-8-9-14(2)17(10-13)22-12-18(21)20(3)11-15-6-4-5-7-16(15)19/h4-10H,11-12H2,1-3H3. The highest BCUT2D eigenvalue weighted by molar-refractivity contribution is 5.77. The van der Waals surface area contributed by atoms with E-state index in [0.29, 0.717) is 11.3 Å². The van der Waals surface area contributed by atoms with Crippen molar-refractivity contribution in [2.45, 2.75) is 20.4 Å². The molecule has 0 radical (unpaired) electrons. The largest absolute Gasteiger partial charge is 0.483 e. The summed E-state index contributed by atoms with van der Waals surface area (Å²) in [5, 5.41) is 0. The van der Waals surface area contributed by atoms with Crippen LogP contribution in [0.4, 0.5) is 4.39 Å². The number of likely N-dealkylation sites (N-methyl/N-ethyl adjacent to an activating group) is 1. The maximum absolute atomic E-state index is 13.6. The molecule has 0 aliphatic carbocycles. The van der Waals surface area contributed by atoms with Crippen LogP contribution in [0.3, 0.4) is 0 Å². The molecule has 0 aliphatic heterocycles. The lowest BCUT2D eigenvalue weighted by Crippen LogP contribution is -2.31. The first kappa shape index (κ1) is 16.0. The molecule has 0 heterocycles. The van der Waals surface area contributed by atoms with E-state index >= 15 is 0 Å². The number of ether oxygens (including phenoxy) is 1. The van der Waals surface area contributed by atoms with Gasteiger partial charge in [-0.2, -0.15) is 0 Å². The number of carbonyl (C=O) groups excluding carboxylic acids is 1. The maximum Gasteiger partial charge on any atom is 0.260 e. The minimum Gasteiger partial charge on any atom is -0.483 e. The summed E-state index contributed by atoms with van der Waals surface area (Å²) in [5.74, 6) is 0.203. The third-order valence-electron chi connectivity index (χ3n) is 3.49. The first-order valence-electron chi connectivity index (χ1n) is 7.15. The fourth-order valence-corrected chi connectivity index (χ4v) is 2.08. The van der Waals surface area contributed by atoms with Crippen molar-refractivity contribution in [2.24, 2.45) is 0 Å². The molecule has 4 heteroatoms. The molecule has 2 rings (SSSR count). The van der Waals surface area contributed by atoms with Crippen LogP contribution in [-0.2, 0) is 11.3 Å². The molecule has 116 valence electrons. The van der Waals surface area contributed by atoms with Crippen molar-refractivity contribution in [3.8, 4) is 5.75 Å². The first-order chi connectivity index (χ1) is 10.5. The van der Waals surface area contributed by atoms with Gasteiger partial charge in [-0.1, -0.05) is 30.3 Å². The third kappa shape index (κ3) is 4.07. The summed E-state index contributed by atoms with van der Waals surface area (Å²) < 4.78 is 19.2. The summed E-state index contributed by atoms with van der Waals surface area (Å²) in [5.41, 5.74) is 2.55. The van der Waals surface area contributed by atoms with Gasteiger partial charge in [0, 0.05) is 19.2 Å². The van der Waals surface area contributed by atoms with Crippen molar-refractivity contribution in [3.05, 3.63) is 65.0 Å². The predicted molar refractivity (Wildman–Crippen MR) is 84.3 cm³/mol. The molecule has 0 aromatic heterocycles. The predicted octanol–water partition coefficient (Wildman–Crippen LogP) is 3.48. The second-order valence-corrected chi connectivity index (χ2v) is 5.40. The topological polar surface area (TPSA) is 29.5 Å². The highest BCUT2D eigenvalue weighted by Crippen LogP contribution is 2.19. The summed E-state index contributed by atoms with van der Waals surface area (Å²) in [6.45, 7) is 4.07. The lowest BCUT2D eigenvalue weighted by atomic mass is 10.1. The summed E-state index contributed by atoms with van der Waals surface area (Å²) in [6.07, 6.45) is 0. The number of hydrogen-bond donors (Lipinski definition) is 0. The maximum atomic E-state index is 13.6. The number of benzene rings is 2. The summed E-state index contributed by atoms with van der Waals surface area (Å²) in [7, 11) is 1.64. The SMILES string of the molecule is Cc1ccc(C)c(OCC(=O)N(C)Cc2ccccc2F)c1. The van der Waals surface area contributed by atoms with Gasteiger partial charge in [0.15, 0.2) is 6.61 Å². The van der Waals surface area contributed by atoms with Gasteiger partial charge in [0.25, 0.3) is 5.91 Å². The zero-order valence-corrected chi connectivity index (χ0v) is 13.1. The molecular formula is C18H20FNO2. The molecular weight excluding hydrogens is 281 g/mol. The molecule has 2 aromatic carbocycles. The van der Waals surface area contributed by atoms with Crippen LogP contribution in [-0.4, -0.2) is 24.5 Å². The fourth-order valence-electron chi connectivity index (χ4n) is 2.08. The summed E-state index contributed by atoms with van der Waals surface area (Å²) in [4.78, 5) is 13.6. The number of amides is 1. The quantitative estimate of drug-likeness (QED) is 0.846. The van der Waals surface area contributed by atoms with Gasteiger partial charge in [0.05, 0.1) is 0 Å². The second-order valence-electron chi connectivity index (χ2n) is 5.40. The highest BCUT2D eigenvalue weighted by atomic mass is 19.1. The van der Waals surface area contributed by atoms with Crippen LogP contribution in [0.15, 0.2) is 42.5 Å². The minimum absolute atomic E-state index is 0.0603. The van der Waals surface area contributed by atoms with Gasteiger partial charge >= 0.3 is 0 Å². The molecule has 2 aromatic rings. The molecule has 0 aliphatic rings. The lowest BCUT2D eigenvalue weighted by molar-refractivity contribution is -0.132. The van der Waals surface area contributed by atoms with Gasteiger partial charge in [0.1, 0.15) is 11.6 Å². The molecule has 0 saturated heterocycles. The van der Waals surface area contributed by atoms with Crippen LogP contribution in [0.25, 0.3) is 0 Å². The molecule has 3 nitrogen and oxygen atoms in total. The Morgan fingerprint density at radius 3 is 2.64 bits per heavy atom. The van der Waals surface area contributed by atoms with Gasteiger partial charge < -0.3 is 9.64 Å². The molecule has 0 fully saturated rings. The molecule has 22 heavy (non-hydrogen) atoms. The Morgan fingerprint density at radius 2 is 1.91 bits per heavy atom. The van der Waals surface area contributed by atoms with E-state index in [-0.39, 0.29) is 24.9 Å². The molecule has 1 amide bonds. The van der Waals surface area contributed by atoms with Crippen molar-refractivity contribution in [3.63, 3.8) is 0 Å². The number of halogens is 1. The fraction of sp³-hybridized carbons (Fsp3) is 0.278. The molecule has 0 N–H and O–H groups in total. The Bertz CT molecular complexity index is 670. The molecule has 0 bridgehead atoms. The third-order valence-corrected chi connectivity index (χ3v) is 3.49. The zero-order valence-electron chi connectivity index (χ0n) is 13.1. The van der Waals surface area contributed by atoms with Crippen LogP contribution < -0.4 is 4.74 Å². The van der Waals surface area contributed by atoms with E-state index < -0.39 is 0 Å². The smallest absolute Gasteiger partial charge is 0.260 e. The van der Waals surface area contributed by atoms with Crippen molar-refractivity contribution < 1.29 is 13.9 Å². The first-order valence-corrected chi connectivity index (χ1v) is 7.15. The van der Waals surface area contributed by atoms with Gasteiger partial charge in [-0.05, 0) is 37.1 Å². The van der Waals surface area contributed by atoms with E-state index in [1.165, 1.54) is 11.0 Å². The van der Waals surface area contributed by atoms with Gasteiger partial charge in [0.2, 0.25) is 0 Å². The van der Waals surface area contributed by atoms with E-state index in [0.717, 1.165) is 11.1 Å². The molecule has 0 spiro atoms. The Balaban J connectivity index is 1.94. The monoisotopic (exact) mass is 301 g/mol. The molecule has 0 unspecified atom stereocenters. The summed E-state index contributed by atoms with van der Waals surface area (Å²) >= 11 is 0. The van der Waals surface area contributed by atoms with E-state index in [4.69, 9.17) is 4.74 Å². The van der Waals surface area contributed by atoms with E-state index in [2.05, 4.69) is 0 Å². The Labute approximate surface area is 130 Å². The number of hydrogen-bond acceptors (Lipinski definition) is 2. The van der Waals surface area contributed by atoms with E-state index in [1.807, 2.05) is 32.0 Å². The number of rotatable bonds is 5. The van der Waals surface area contributed by atoms with Crippen LogP contribution in [0.2, 0.25) is 0 Å². The van der Waals surface area contributed by atoms with Crippen molar-refractivity contribution in [1.82, 2.24) is 4.90 Å². The Hall–Kier alpha value is -2.36. The number of carbonyl (C=O) groups is 1. The normalized spacial score (nSPS) is 10.4. The average Bonchev–Trinajstić information content (AvgIpc) is 2.50. The Morgan fingerprint density at radius 1 is 1.18 bits per heavy atom. The number of aryl methyl sites for hydroxylation is 2. The lowest BCUT2D eigenvalue weighted by Gasteiger charge is -2.18. The molecule has 0 atom stereocenters. The van der Waals surface area contributed by atoms with Gasteiger partial charge in [-0.3, -0.25) is 4.79 Å². The zero-order chi connectivity index (χ0) is 16.1. The van der Waals surface area contributed by atoms with Crippen LogP contribution in [0.1, 0.15) is 16.7 Å². The van der Waals surface area contributed by atoms with Crippen molar-refractivity contribution >= 4 is 5.91 Å². The minimum atomic E-state index is -0.308. The second kappa shape index (κ2) is 7.07. The van der Waals surface area contributed by atoms with Crippen LogP contribution in [0.5, 0.6) is 5.75 Å². The summed E-state index contributed by atoms with van der Waals surface area (Å²) in [6, 6.07) is 12.3.